The first-order valence-electron chi connectivity index (χ1n) is 6.92. The van der Waals surface area contributed by atoms with Gasteiger partial charge in [0.1, 0.15) is 4.88 Å². The Hall–Kier alpha value is -1.74. The molecule has 7 nitrogen and oxygen atoms in total. The number of rotatable bonds is 6. The molecule has 0 aromatic carbocycles. The summed E-state index contributed by atoms with van der Waals surface area (Å²) in [5.74, 6) is -0.223. The molecule has 0 aliphatic heterocycles. The largest absolute Gasteiger partial charge is 0.469 e. The van der Waals surface area contributed by atoms with Gasteiger partial charge in [0.25, 0.3) is 0 Å². The molecular weight excluding hydrogens is 354 g/mol. The van der Waals surface area contributed by atoms with Crippen LogP contribution in [0.25, 0.3) is 0 Å². The Labute approximate surface area is 149 Å². The third kappa shape index (κ3) is 7.69. The summed E-state index contributed by atoms with van der Waals surface area (Å²) < 4.78 is 13.5. The number of esters is 3. The fourth-order valence-corrected chi connectivity index (χ4v) is 3.13. The molecule has 0 saturated heterocycles. The Balaban J connectivity index is 0.000000446. The molecule has 9 heteroatoms. The van der Waals surface area contributed by atoms with Crippen LogP contribution in [0.1, 0.15) is 22.2 Å². The minimum Gasteiger partial charge on any atom is -0.469 e. The SMILES string of the molecule is COC(=O)CSCC(C)C(=O)OC.COC(=O)c1scc(C)c1N. The van der Waals surface area contributed by atoms with Crippen LogP contribution < -0.4 is 5.73 Å². The van der Waals surface area contributed by atoms with E-state index in [1.807, 2.05) is 12.3 Å². The molecule has 0 radical (unpaired) electrons. The smallest absolute Gasteiger partial charge is 0.350 e. The number of thioether (sulfide) groups is 1. The first-order chi connectivity index (χ1) is 11.3. The van der Waals surface area contributed by atoms with Gasteiger partial charge in [0.15, 0.2) is 0 Å². The Bertz CT molecular complexity index is 558. The Morgan fingerprint density at radius 2 is 1.83 bits per heavy atom. The molecule has 1 unspecified atom stereocenters. The van der Waals surface area contributed by atoms with Crippen LogP contribution in [0.15, 0.2) is 5.38 Å². The van der Waals surface area contributed by atoms with Gasteiger partial charge in [-0.25, -0.2) is 4.79 Å². The van der Waals surface area contributed by atoms with E-state index in [-0.39, 0.29) is 29.6 Å². The van der Waals surface area contributed by atoms with Crippen LogP contribution in [0.3, 0.4) is 0 Å². The van der Waals surface area contributed by atoms with E-state index in [0.29, 0.717) is 16.3 Å². The zero-order chi connectivity index (χ0) is 18.7. The summed E-state index contributed by atoms with van der Waals surface area (Å²) in [6.45, 7) is 3.62. The Kier molecular flexibility index (Phi) is 10.9. The van der Waals surface area contributed by atoms with Crippen molar-refractivity contribution in [2.24, 2.45) is 5.92 Å². The predicted molar refractivity (Wildman–Crippen MR) is 95.3 cm³/mol. The third-order valence-electron chi connectivity index (χ3n) is 2.81. The van der Waals surface area contributed by atoms with Crippen molar-refractivity contribution in [2.75, 3.05) is 38.6 Å². The maximum Gasteiger partial charge on any atom is 0.350 e. The van der Waals surface area contributed by atoms with E-state index in [2.05, 4.69) is 14.2 Å². The van der Waals surface area contributed by atoms with E-state index < -0.39 is 0 Å². The number of nitrogens with two attached hydrogens (primary N) is 1. The maximum atomic E-state index is 11.0. The first kappa shape index (κ1) is 22.3. The number of aryl methyl sites for hydroxylation is 1. The van der Waals surface area contributed by atoms with Crippen LogP contribution in [0.2, 0.25) is 0 Å². The Morgan fingerprint density at radius 1 is 1.21 bits per heavy atom. The average Bonchev–Trinajstić information content (AvgIpc) is 2.92. The number of hydrogen-bond acceptors (Lipinski definition) is 9. The molecule has 0 amide bonds. The second-order valence-electron chi connectivity index (χ2n) is 4.67. The standard InChI is InChI=1S/C8H14O4S.C7H9NO2S/c1-6(8(10)12-3)4-13-5-7(9)11-2;1-4-3-11-6(5(4)8)7(9)10-2/h6H,4-5H2,1-3H3;3H,8H2,1-2H3. The molecule has 0 bridgehead atoms. The molecule has 0 aliphatic carbocycles. The number of carbonyl (C=O) groups is 3. The van der Waals surface area contributed by atoms with Crippen LogP contribution in [-0.4, -0.2) is 50.7 Å². The number of ether oxygens (including phenoxy) is 3. The van der Waals surface area contributed by atoms with Crippen LogP contribution in [0, 0.1) is 12.8 Å². The maximum absolute atomic E-state index is 11.0. The van der Waals surface area contributed by atoms with Crippen molar-refractivity contribution in [3.05, 3.63) is 15.8 Å². The molecule has 136 valence electrons. The van der Waals surface area contributed by atoms with Crippen LogP contribution in [0.5, 0.6) is 0 Å². The van der Waals surface area contributed by atoms with Gasteiger partial charge < -0.3 is 19.9 Å². The van der Waals surface area contributed by atoms with Crippen molar-refractivity contribution in [1.29, 1.82) is 0 Å². The highest BCUT2D eigenvalue weighted by Crippen LogP contribution is 2.24. The number of nitrogen functional groups attached to an aromatic ring is 1. The van der Waals surface area contributed by atoms with Crippen LogP contribution in [0.4, 0.5) is 5.69 Å². The van der Waals surface area contributed by atoms with Gasteiger partial charge >= 0.3 is 17.9 Å². The Morgan fingerprint density at radius 3 is 2.25 bits per heavy atom. The number of anilines is 1. The fourth-order valence-electron chi connectivity index (χ4n) is 1.35. The lowest BCUT2D eigenvalue weighted by Crippen LogP contribution is -2.16. The van der Waals surface area contributed by atoms with E-state index in [4.69, 9.17) is 5.73 Å². The zero-order valence-electron chi connectivity index (χ0n) is 14.4. The van der Waals surface area contributed by atoms with Gasteiger partial charge in [0.05, 0.1) is 38.7 Å². The first-order valence-corrected chi connectivity index (χ1v) is 8.96. The highest BCUT2D eigenvalue weighted by Gasteiger charge is 2.14. The number of hydrogen-bond donors (Lipinski definition) is 1. The van der Waals surface area contributed by atoms with E-state index in [1.165, 1.54) is 44.4 Å². The van der Waals surface area contributed by atoms with Crippen LogP contribution in [-0.2, 0) is 23.8 Å². The van der Waals surface area contributed by atoms with Gasteiger partial charge in [0.2, 0.25) is 0 Å². The molecule has 0 aliphatic rings. The van der Waals surface area contributed by atoms with Crippen molar-refractivity contribution in [2.45, 2.75) is 13.8 Å². The van der Waals surface area contributed by atoms with E-state index in [0.717, 1.165) is 5.56 Å². The predicted octanol–water partition coefficient (Wildman–Crippen LogP) is 2.13. The summed E-state index contributed by atoms with van der Waals surface area (Å²) in [4.78, 5) is 33.0. The normalized spacial score (nSPS) is 10.9. The summed E-state index contributed by atoms with van der Waals surface area (Å²) in [6, 6.07) is 0. The second kappa shape index (κ2) is 11.7. The minimum atomic E-state index is -0.361. The molecule has 1 aromatic rings. The highest BCUT2D eigenvalue weighted by atomic mass is 32.2. The average molecular weight is 377 g/mol. The quantitative estimate of drug-likeness (QED) is 0.594. The summed E-state index contributed by atoms with van der Waals surface area (Å²) in [5.41, 5.74) is 7.04. The topological polar surface area (TPSA) is 105 Å². The third-order valence-corrected chi connectivity index (χ3v) is 5.08. The molecule has 2 N–H and O–H groups in total. The van der Waals surface area contributed by atoms with Gasteiger partial charge in [-0.3, -0.25) is 9.59 Å². The molecule has 1 heterocycles. The molecule has 24 heavy (non-hydrogen) atoms. The molecule has 0 fully saturated rings. The monoisotopic (exact) mass is 377 g/mol. The van der Waals surface area contributed by atoms with Gasteiger partial charge in [-0.15, -0.1) is 23.1 Å². The number of methoxy groups -OCH3 is 3. The van der Waals surface area contributed by atoms with Crippen molar-refractivity contribution >= 4 is 46.7 Å². The van der Waals surface area contributed by atoms with E-state index >= 15 is 0 Å². The van der Waals surface area contributed by atoms with Crippen molar-refractivity contribution in [1.82, 2.24) is 0 Å². The van der Waals surface area contributed by atoms with Crippen molar-refractivity contribution < 1.29 is 28.6 Å². The highest BCUT2D eigenvalue weighted by molar-refractivity contribution is 7.99. The summed E-state index contributed by atoms with van der Waals surface area (Å²) in [5, 5.41) is 1.83. The fraction of sp³-hybridized carbons (Fsp3) is 0.533. The second-order valence-corrected chi connectivity index (χ2v) is 6.58. The summed E-state index contributed by atoms with van der Waals surface area (Å²) >= 11 is 2.67. The lowest BCUT2D eigenvalue weighted by Gasteiger charge is -2.07. The molecule has 1 aromatic heterocycles. The minimum absolute atomic E-state index is 0.181. The molecule has 1 atom stereocenters. The molecule has 0 saturated carbocycles. The van der Waals surface area contributed by atoms with Crippen molar-refractivity contribution in [3.63, 3.8) is 0 Å². The van der Waals surface area contributed by atoms with Gasteiger partial charge in [-0.1, -0.05) is 6.92 Å². The lowest BCUT2D eigenvalue weighted by molar-refractivity contribution is -0.144. The van der Waals surface area contributed by atoms with Crippen LogP contribution >= 0.6 is 23.1 Å². The number of thiophene rings is 1. The van der Waals surface area contributed by atoms with E-state index in [1.54, 1.807) is 6.92 Å². The summed E-state index contributed by atoms with van der Waals surface area (Å²) in [6.07, 6.45) is 0. The molecular formula is C15H23NO6S2. The zero-order valence-corrected chi connectivity index (χ0v) is 16.0. The molecule has 0 spiro atoms. The van der Waals surface area contributed by atoms with Gasteiger partial charge in [-0.05, 0) is 17.9 Å². The molecule has 1 rings (SSSR count). The summed E-state index contributed by atoms with van der Waals surface area (Å²) in [7, 11) is 4.03. The van der Waals surface area contributed by atoms with Gasteiger partial charge in [0, 0.05) is 5.75 Å². The van der Waals surface area contributed by atoms with E-state index in [9.17, 15) is 14.4 Å². The number of carbonyl (C=O) groups excluding carboxylic acids is 3. The van der Waals surface area contributed by atoms with Crippen molar-refractivity contribution in [3.8, 4) is 0 Å². The lowest BCUT2D eigenvalue weighted by atomic mass is 10.2. The van der Waals surface area contributed by atoms with Gasteiger partial charge in [-0.2, -0.15) is 0 Å².